The van der Waals surface area contributed by atoms with Crippen LogP contribution in [0.4, 0.5) is 5.13 Å². The first-order valence-electron chi connectivity index (χ1n) is 7.08. The molecule has 3 rings (SSSR count). The van der Waals surface area contributed by atoms with Crippen LogP contribution >= 0.6 is 11.3 Å². The van der Waals surface area contributed by atoms with Gasteiger partial charge in [0.2, 0.25) is 5.91 Å². The maximum Gasteiger partial charge on any atom is 0.252 e. The Bertz CT molecular complexity index is 664. The number of carbonyl (C=O) groups excluding carboxylic acids is 2. The third kappa shape index (κ3) is 2.51. The number of hydrogen-bond donors (Lipinski definition) is 1. The van der Waals surface area contributed by atoms with Gasteiger partial charge in [0, 0.05) is 6.04 Å². The highest BCUT2D eigenvalue weighted by Crippen LogP contribution is 2.28. The van der Waals surface area contributed by atoms with E-state index in [1.165, 1.54) is 16.2 Å². The van der Waals surface area contributed by atoms with E-state index in [0.29, 0.717) is 5.13 Å². The third-order valence-corrected chi connectivity index (χ3v) is 4.77. The Morgan fingerprint density at radius 2 is 2.19 bits per heavy atom. The molecule has 2 atom stereocenters. The molecule has 0 aliphatic carbocycles. The van der Waals surface area contributed by atoms with Crippen molar-refractivity contribution < 1.29 is 9.59 Å². The monoisotopic (exact) mass is 303 g/mol. The van der Waals surface area contributed by atoms with E-state index in [9.17, 15) is 9.59 Å². The molecule has 1 saturated heterocycles. The number of anilines is 1. The van der Waals surface area contributed by atoms with Gasteiger partial charge in [0.05, 0.1) is 16.6 Å². The molecule has 110 valence electrons. The molecule has 21 heavy (non-hydrogen) atoms. The quantitative estimate of drug-likeness (QED) is 0.882. The first-order valence-corrected chi connectivity index (χ1v) is 7.89. The molecule has 2 heterocycles. The average molecular weight is 303 g/mol. The smallest absolute Gasteiger partial charge is 0.252 e. The number of nitrogens with one attached hydrogen (secondary N) is 1. The number of para-hydroxylation sites is 1. The van der Waals surface area contributed by atoms with Gasteiger partial charge in [0.25, 0.3) is 5.91 Å². The summed E-state index contributed by atoms with van der Waals surface area (Å²) in [6.07, 6.45) is 0.977. The zero-order chi connectivity index (χ0) is 15.0. The molecule has 6 heteroatoms. The fourth-order valence-corrected chi connectivity index (χ4v) is 3.41. The minimum absolute atomic E-state index is 0.0489. The molecule has 2 unspecified atom stereocenters. The summed E-state index contributed by atoms with van der Waals surface area (Å²) in [4.78, 5) is 30.2. The van der Waals surface area contributed by atoms with Crippen LogP contribution in [0, 0.1) is 0 Å². The van der Waals surface area contributed by atoms with Crippen molar-refractivity contribution in [3.05, 3.63) is 24.3 Å². The number of carbonyl (C=O) groups is 2. The van der Waals surface area contributed by atoms with Crippen LogP contribution < -0.4 is 5.32 Å². The summed E-state index contributed by atoms with van der Waals surface area (Å²) in [5, 5.41) is 3.80. The van der Waals surface area contributed by atoms with Gasteiger partial charge in [-0.1, -0.05) is 30.4 Å². The summed E-state index contributed by atoms with van der Waals surface area (Å²) in [6, 6.07) is 7.27. The van der Waals surface area contributed by atoms with Gasteiger partial charge in [0.1, 0.15) is 6.04 Å². The number of hydrogen-bond acceptors (Lipinski definition) is 5. The molecule has 1 N–H and O–H groups in total. The minimum Gasteiger partial charge on any atom is -0.349 e. The molecule has 1 fully saturated rings. The van der Waals surface area contributed by atoms with E-state index in [4.69, 9.17) is 0 Å². The molecular weight excluding hydrogens is 286 g/mol. The molecule has 0 radical (unpaired) electrons. The van der Waals surface area contributed by atoms with E-state index in [2.05, 4.69) is 10.3 Å². The molecule has 1 aromatic heterocycles. The van der Waals surface area contributed by atoms with Crippen LogP contribution in [0.15, 0.2) is 24.3 Å². The highest BCUT2D eigenvalue weighted by molar-refractivity contribution is 7.22. The summed E-state index contributed by atoms with van der Waals surface area (Å²) in [5.74, 6) is -0.249. The Morgan fingerprint density at radius 1 is 1.43 bits per heavy atom. The van der Waals surface area contributed by atoms with E-state index in [1.807, 2.05) is 38.1 Å². The largest absolute Gasteiger partial charge is 0.349 e. The van der Waals surface area contributed by atoms with Crippen molar-refractivity contribution in [3.63, 3.8) is 0 Å². The Hall–Kier alpha value is -1.95. The predicted octanol–water partition coefficient (Wildman–Crippen LogP) is 2.63. The number of imide groups is 1. The van der Waals surface area contributed by atoms with E-state index in [0.717, 1.165) is 16.6 Å². The maximum atomic E-state index is 12.4. The molecule has 2 amide bonds. The van der Waals surface area contributed by atoms with E-state index in [1.54, 1.807) is 0 Å². The first kappa shape index (κ1) is 14.0. The van der Waals surface area contributed by atoms with Crippen molar-refractivity contribution in [2.24, 2.45) is 0 Å². The SMILES string of the molecule is CCC(C)N1C(=O)CC(Nc2nc3ccccc3s2)C1=O. The zero-order valence-corrected chi connectivity index (χ0v) is 12.8. The van der Waals surface area contributed by atoms with Gasteiger partial charge in [-0.3, -0.25) is 14.5 Å². The van der Waals surface area contributed by atoms with Crippen molar-refractivity contribution in [1.29, 1.82) is 0 Å². The first-order chi connectivity index (χ1) is 10.1. The second kappa shape index (κ2) is 5.44. The van der Waals surface area contributed by atoms with Crippen LogP contribution in [0.25, 0.3) is 10.2 Å². The maximum absolute atomic E-state index is 12.4. The fourth-order valence-electron chi connectivity index (χ4n) is 2.49. The van der Waals surface area contributed by atoms with Crippen LogP contribution in [0.5, 0.6) is 0 Å². The van der Waals surface area contributed by atoms with Gasteiger partial charge in [-0.15, -0.1) is 0 Å². The fraction of sp³-hybridized carbons (Fsp3) is 0.400. The highest BCUT2D eigenvalue weighted by Gasteiger charge is 2.40. The lowest BCUT2D eigenvalue weighted by molar-refractivity contribution is -0.140. The summed E-state index contributed by atoms with van der Waals surface area (Å²) < 4.78 is 1.07. The van der Waals surface area contributed by atoms with Gasteiger partial charge >= 0.3 is 0 Å². The second-order valence-electron chi connectivity index (χ2n) is 5.25. The van der Waals surface area contributed by atoms with Gasteiger partial charge in [-0.25, -0.2) is 4.98 Å². The van der Waals surface area contributed by atoms with Gasteiger partial charge < -0.3 is 5.32 Å². The van der Waals surface area contributed by atoms with Crippen LogP contribution in [-0.4, -0.2) is 33.8 Å². The Morgan fingerprint density at radius 3 is 2.90 bits per heavy atom. The zero-order valence-electron chi connectivity index (χ0n) is 12.0. The lowest BCUT2D eigenvalue weighted by Gasteiger charge is -2.21. The number of rotatable bonds is 4. The number of amides is 2. The van der Waals surface area contributed by atoms with Crippen LogP contribution in [0.2, 0.25) is 0 Å². The minimum atomic E-state index is -0.493. The Balaban J connectivity index is 1.79. The van der Waals surface area contributed by atoms with E-state index >= 15 is 0 Å². The summed E-state index contributed by atoms with van der Waals surface area (Å²) in [6.45, 7) is 3.87. The molecule has 5 nitrogen and oxygen atoms in total. The number of thiazole rings is 1. The number of likely N-dealkylation sites (tertiary alicyclic amines) is 1. The van der Waals surface area contributed by atoms with Gasteiger partial charge in [-0.05, 0) is 25.5 Å². The van der Waals surface area contributed by atoms with Crippen LogP contribution in [-0.2, 0) is 9.59 Å². The molecule has 0 spiro atoms. The molecule has 1 aliphatic heterocycles. The lowest BCUT2D eigenvalue weighted by Crippen LogP contribution is -2.40. The van der Waals surface area contributed by atoms with Crippen molar-refractivity contribution >= 4 is 38.5 Å². The van der Waals surface area contributed by atoms with Crippen LogP contribution in [0.1, 0.15) is 26.7 Å². The van der Waals surface area contributed by atoms with Gasteiger partial charge in [0.15, 0.2) is 5.13 Å². The average Bonchev–Trinajstić information content (AvgIpc) is 2.99. The summed E-state index contributed by atoms with van der Waals surface area (Å²) >= 11 is 1.50. The lowest BCUT2D eigenvalue weighted by atomic mass is 10.2. The van der Waals surface area contributed by atoms with Gasteiger partial charge in [-0.2, -0.15) is 0 Å². The second-order valence-corrected chi connectivity index (χ2v) is 6.28. The van der Waals surface area contributed by atoms with Crippen molar-refractivity contribution in [2.45, 2.75) is 38.8 Å². The van der Waals surface area contributed by atoms with Crippen molar-refractivity contribution in [2.75, 3.05) is 5.32 Å². The normalized spacial score (nSPS) is 20.3. The van der Waals surface area contributed by atoms with E-state index < -0.39 is 6.04 Å². The van der Waals surface area contributed by atoms with Crippen molar-refractivity contribution in [3.8, 4) is 0 Å². The van der Waals surface area contributed by atoms with E-state index in [-0.39, 0.29) is 24.3 Å². The molecule has 1 aromatic carbocycles. The molecule has 0 bridgehead atoms. The number of benzene rings is 1. The van der Waals surface area contributed by atoms with Crippen LogP contribution in [0.3, 0.4) is 0 Å². The third-order valence-electron chi connectivity index (χ3n) is 3.81. The number of aromatic nitrogens is 1. The topological polar surface area (TPSA) is 62.3 Å². The standard InChI is InChI=1S/C15H17N3O2S/c1-3-9(2)18-13(19)8-11(14(18)20)17-15-16-10-6-4-5-7-12(10)21-15/h4-7,9,11H,3,8H2,1-2H3,(H,16,17). The molecule has 0 saturated carbocycles. The van der Waals surface area contributed by atoms with Crippen molar-refractivity contribution in [1.82, 2.24) is 9.88 Å². The molecular formula is C15H17N3O2S. The molecule has 1 aliphatic rings. The Kier molecular flexibility index (Phi) is 3.63. The molecule has 2 aromatic rings. The summed E-state index contributed by atoms with van der Waals surface area (Å²) in [7, 11) is 0. The Labute approximate surface area is 127 Å². The highest BCUT2D eigenvalue weighted by atomic mass is 32.1. The predicted molar refractivity (Wildman–Crippen MR) is 83.3 cm³/mol. The number of nitrogens with zero attached hydrogens (tertiary/aromatic N) is 2. The summed E-state index contributed by atoms with van der Waals surface area (Å²) in [5.41, 5.74) is 0.903. The number of fused-ring (bicyclic) bond motifs is 1.